The summed E-state index contributed by atoms with van der Waals surface area (Å²) in [5.41, 5.74) is 0. The predicted molar refractivity (Wildman–Crippen MR) is 75.4 cm³/mol. The number of benzene rings is 1. The van der Waals surface area contributed by atoms with Gasteiger partial charge in [0.05, 0.1) is 6.61 Å². The van der Waals surface area contributed by atoms with Crippen LogP contribution in [0, 0.1) is 5.92 Å². The van der Waals surface area contributed by atoms with Crippen LogP contribution in [0.1, 0.15) is 27.2 Å². The van der Waals surface area contributed by atoms with E-state index in [9.17, 15) is 0 Å². The minimum atomic E-state index is 0.380. The molecule has 0 heterocycles. The van der Waals surface area contributed by atoms with Crippen molar-refractivity contribution >= 4 is 0 Å². The summed E-state index contributed by atoms with van der Waals surface area (Å²) in [5.74, 6) is 2.33. The van der Waals surface area contributed by atoms with Gasteiger partial charge in [-0.2, -0.15) is 0 Å². The molecule has 1 N–H and O–H groups in total. The zero-order chi connectivity index (χ0) is 13.4. The molecule has 0 aliphatic rings. The Balaban J connectivity index is 2.53. The molecule has 0 aliphatic heterocycles. The molecule has 0 saturated carbocycles. The van der Waals surface area contributed by atoms with Gasteiger partial charge in [-0.05, 0) is 32.0 Å². The van der Waals surface area contributed by atoms with E-state index in [4.69, 9.17) is 9.47 Å². The molecular formula is C15H25NO2. The summed E-state index contributed by atoms with van der Waals surface area (Å²) < 4.78 is 11.3. The summed E-state index contributed by atoms with van der Waals surface area (Å²) in [6, 6.07) is 8.18. The topological polar surface area (TPSA) is 30.5 Å². The van der Waals surface area contributed by atoms with Gasteiger partial charge in [0, 0.05) is 12.1 Å². The molecule has 0 spiro atoms. The SMILES string of the molecule is CCOc1cccc(OCC(NC)C(C)CC)c1. The third-order valence-corrected chi connectivity index (χ3v) is 3.25. The highest BCUT2D eigenvalue weighted by Crippen LogP contribution is 2.20. The Morgan fingerprint density at radius 2 is 1.83 bits per heavy atom. The van der Waals surface area contributed by atoms with Crippen molar-refractivity contribution in [1.29, 1.82) is 0 Å². The monoisotopic (exact) mass is 251 g/mol. The van der Waals surface area contributed by atoms with Crippen molar-refractivity contribution < 1.29 is 9.47 Å². The summed E-state index contributed by atoms with van der Waals surface area (Å²) in [4.78, 5) is 0. The Hall–Kier alpha value is -1.22. The largest absolute Gasteiger partial charge is 0.494 e. The lowest BCUT2D eigenvalue weighted by atomic mass is 10.0. The first kappa shape index (κ1) is 14.8. The maximum absolute atomic E-state index is 5.83. The second kappa shape index (κ2) is 7.98. The molecule has 0 amide bonds. The second-order valence-electron chi connectivity index (χ2n) is 4.50. The molecular weight excluding hydrogens is 226 g/mol. The molecule has 0 radical (unpaired) electrons. The summed E-state index contributed by atoms with van der Waals surface area (Å²) in [6.07, 6.45) is 1.15. The molecule has 3 heteroatoms. The Morgan fingerprint density at radius 3 is 2.39 bits per heavy atom. The quantitative estimate of drug-likeness (QED) is 0.770. The van der Waals surface area contributed by atoms with Gasteiger partial charge >= 0.3 is 0 Å². The fourth-order valence-electron chi connectivity index (χ4n) is 1.82. The van der Waals surface area contributed by atoms with Crippen LogP contribution in [0.3, 0.4) is 0 Å². The molecule has 0 bridgehead atoms. The van der Waals surface area contributed by atoms with Crippen molar-refractivity contribution in [2.75, 3.05) is 20.3 Å². The maximum atomic E-state index is 5.83. The molecule has 18 heavy (non-hydrogen) atoms. The first-order chi connectivity index (χ1) is 8.71. The minimum Gasteiger partial charge on any atom is -0.494 e. The Bertz CT molecular complexity index is 341. The first-order valence-electron chi connectivity index (χ1n) is 6.74. The van der Waals surface area contributed by atoms with Crippen molar-refractivity contribution in [3.8, 4) is 11.5 Å². The summed E-state index contributed by atoms with van der Waals surface area (Å²) >= 11 is 0. The normalized spacial score (nSPS) is 14.0. The Kier molecular flexibility index (Phi) is 6.58. The lowest BCUT2D eigenvalue weighted by Crippen LogP contribution is -2.37. The van der Waals surface area contributed by atoms with E-state index in [-0.39, 0.29) is 0 Å². The van der Waals surface area contributed by atoms with E-state index < -0.39 is 0 Å². The van der Waals surface area contributed by atoms with Crippen molar-refractivity contribution in [3.63, 3.8) is 0 Å². The summed E-state index contributed by atoms with van der Waals surface area (Å²) in [7, 11) is 1.98. The molecule has 2 atom stereocenters. The van der Waals surface area contributed by atoms with E-state index >= 15 is 0 Å². The third kappa shape index (κ3) is 4.57. The fraction of sp³-hybridized carbons (Fsp3) is 0.600. The molecule has 1 aromatic carbocycles. The molecule has 0 aliphatic carbocycles. The van der Waals surface area contributed by atoms with Crippen LogP contribution in [0.4, 0.5) is 0 Å². The molecule has 102 valence electrons. The van der Waals surface area contributed by atoms with Crippen LogP contribution < -0.4 is 14.8 Å². The van der Waals surface area contributed by atoms with Gasteiger partial charge in [-0.25, -0.2) is 0 Å². The maximum Gasteiger partial charge on any atom is 0.123 e. The molecule has 0 aromatic heterocycles. The number of likely N-dealkylation sites (N-methyl/N-ethyl adjacent to an activating group) is 1. The zero-order valence-electron chi connectivity index (χ0n) is 11.9. The number of nitrogens with one attached hydrogen (secondary N) is 1. The van der Waals surface area contributed by atoms with Crippen molar-refractivity contribution in [2.45, 2.75) is 33.2 Å². The van der Waals surface area contributed by atoms with E-state index in [1.807, 2.05) is 38.2 Å². The van der Waals surface area contributed by atoms with E-state index in [0.29, 0.717) is 25.2 Å². The standard InChI is InChI=1S/C15H25NO2/c1-5-12(3)15(16-4)11-18-14-9-7-8-13(10-14)17-6-2/h7-10,12,15-16H,5-6,11H2,1-4H3. The van der Waals surface area contributed by atoms with Crippen molar-refractivity contribution in [3.05, 3.63) is 24.3 Å². The van der Waals surface area contributed by atoms with Gasteiger partial charge in [-0.1, -0.05) is 26.3 Å². The van der Waals surface area contributed by atoms with E-state index in [1.165, 1.54) is 0 Å². The number of ether oxygens (including phenoxy) is 2. The van der Waals surface area contributed by atoms with Crippen LogP contribution in [-0.4, -0.2) is 26.3 Å². The van der Waals surface area contributed by atoms with E-state index in [1.54, 1.807) is 0 Å². The molecule has 3 nitrogen and oxygen atoms in total. The van der Waals surface area contributed by atoms with E-state index in [0.717, 1.165) is 17.9 Å². The van der Waals surface area contributed by atoms with Crippen LogP contribution in [0.15, 0.2) is 24.3 Å². The lowest BCUT2D eigenvalue weighted by Gasteiger charge is -2.22. The average molecular weight is 251 g/mol. The highest BCUT2D eigenvalue weighted by Gasteiger charge is 2.14. The van der Waals surface area contributed by atoms with Gasteiger partial charge in [0.1, 0.15) is 18.1 Å². The predicted octanol–water partition coefficient (Wildman–Crippen LogP) is 3.10. The number of hydrogen-bond donors (Lipinski definition) is 1. The summed E-state index contributed by atoms with van der Waals surface area (Å²) in [6.45, 7) is 7.77. The Labute approximate surface area is 110 Å². The number of rotatable bonds is 8. The van der Waals surface area contributed by atoms with Crippen LogP contribution in [0.25, 0.3) is 0 Å². The minimum absolute atomic E-state index is 0.380. The van der Waals surface area contributed by atoms with Crippen LogP contribution in [0.5, 0.6) is 11.5 Å². The van der Waals surface area contributed by atoms with Crippen molar-refractivity contribution in [2.24, 2.45) is 5.92 Å². The van der Waals surface area contributed by atoms with Gasteiger partial charge in [-0.15, -0.1) is 0 Å². The molecule has 0 fully saturated rings. The van der Waals surface area contributed by atoms with Crippen LogP contribution in [0.2, 0.25) is 0 Å². The molecule has 1 rings (SSSR count). The lowest BCUT2D eigenvalue weighted by molar-refractivity contribution is 0.227. The highest BCUT2D eigenvalue weighted by molar-refractivity contribution is 5.32. The zero-order valence-corrected chi connectivity index (χ0v) is 11.9. The van der Waals surface area contributed by atoms with Crippen LogP contribution >= 0.6 is 0 Å². The first-order valence-corrected chi connectivity index (χ1v) is 6.74. The summed E-state index contributed by atoms with van der Waals surface area (Å²) in [5, 5.41) is 3.31. The van der Waals surface area contributed by atoms with Crippen LogP contribution in [-0.2, 0) is 0 Å². The smallest absolute Gasteiger partial charge is 0.123 e. The second-order valence-corrected chi connectivity index (χ2v) is 4.50. The van der Waals surface area contributed by atoms with Gasteiger partial charge in [0.2, 0.25) is 0 Å². The van der Waals surface area contributed by atoms with Gasteiger partial charge in [0.25, 0.3) is 0 Å². The number of hydrogen-bond acceptors (Lipinski definition) is 3. The third-order valence-electron chi connectivity index (χ3n) is 3.25. The highest BCUT2D eigenvalue weighted by atomic mass is 16.5. The molecule has 2 unspecified atom stereocenters. The average Bonchev–Trinajstić information content (AvgIpc) is 2.40. The van der Waals surface area contributed by atoms with Gasteiger partial charge in [-0.3, -0.25) is 0 Å². The molecule has 1 aromatic rings. The van der Waals surface area contributed by atoms with Gasteiger partial charge < -0.3 is 14.8 Å². The van der Waals surface area contributed by atoms with Gasteiger partial charge in [0.15, 0.2) is 0 Å². The fourth-order valence-corrected chi connectivity index (χ4v) is 1.82. The van der Waals surface area contributed by atoms with E-state index in [2.05, 4.69) is 19.2 Å². The Morgan fingerprint density at radius 1 is 1.17 bits per heavy atom. The molecule has 0 saturated heterocycles. The van der Waals surface area contributed by atoms with Crippen molar-refractivity contribution in [1.82, 2.24) is 5.32 Å².